The van der Waals surface area contributed by atoms with Gasteiger partial charge in [-0.15, -0.1) is 24.0 Å². The molecule has 0 spiro atoms. The van der Waals surface area contributed by atoms with Crippen LogP contribution in [0.25, 0.3) is 0 Å². The van der Waals surface area contributed by atoms with Gasteiger partial charge in [-0.2, -0.15) is 4.98 Å². The van der Waals surface area contributed by atoms with Gasteiger partial charge < -0.3 is 19.9 Å². The summed E-state index contributed by atoms with van der Waals surface area (Å²) >= 11 is 0. The molecule has 7 nitrogen and oxygen atoms in total. The van der Waals surface area contributed by atoms with Crippen LogP contribution in [0.3, 0.4) is 0 Å². The first kappa shape index (κ1) is 20.5. The molecule has 2 aromatic rings. The van der Waals surface area contributed by atoms with E-state index < -0.39 is 0 Å². The van der Waals surface area contributed by atoms with E-state index in [9.17, 15) is 0 Å². The highest BCUT2D eigenvalue weighted by molar-refractivity contribution is 14.0. The molecule has 2 N–H and O–H groups in total. The minimum atomic E-state index is 0. The molecule has 1 aliphatic rings. The molecule has 8 heteroatoms. The van der Waals surface area contributed by atoms with Gasteiger partial charge in [0.1, 0.15) is 5.75 Å². The van der Waals surface area contributed by atoms with Crippen LogP contribution in [-0.4, -0.2) is 29.8 Å². The highest BCUT2D eigenvalue weighted by Crippen LogP contribution is 2.30. The number of hydrogen-bond acceptors (Lipinski definition) is 5. The lowest BCUT2D eigenvalue weighted by Crippen LogP contribution is -2.36. The number of aromatic nitrogens is 2. The Kier molecular flexibility index (Phi) is 7.67. The lowest BCUT2D eigenvalue weighted by molar-refractivity contribution is 0.296. The van der Waals surface area contributed by atoms with E-state index in [0.717, 1.165) is 23.8 Å². The van der Waals surface area contributed by atoms with Gasteiger partial charge in [-0.05, 0) is 44.2 Å². The van der Waals surface area contributed by atoms with Gasteiger partial charge in [0.05, 0.1) is 13.2 Å². The lowest BCUT2D eigenvalue weighted by atomic mass is 10.1. The van der Waals surface area contributed by atoms with Gasteiger partial charge in [0.25, 0.3) is 0 Å². The molecular formula is C18H26IN5O2. The maximum Gasteiger partial charge on any atom is 0.246 e. The standard InChI is InChI=1S/C18H25N5O2.HI/c1-12-4-7-15(16(8-12)24-11-14-5-6-14)9-20-18(19-3)21-10-17-22-13(2)23-25-17;/h4,7-8,14H,5-6,9-11H2,1-3H3,(H2,19,20,21);1H. The Bertz CT molecular complexity index is 743. The predicted octanol–water partition coefficient (Wildman–Crippen LogP) is 2.96. The Balaban J connectivity index is 0.00000243. The fourth-order valence-corrected chi connectivity index (χ4v) is 2.41. The van der Waals surface area contributed by atoms with Gasteiger partial charge in [0.15, 0.2) is 11.8 Å². The molecule has 1 saturated carbocycles. The number of ether oxygens (including phenoxy) is 1. The Morgan fingerprint density at radius 1 is 1.27 bits per heavy atom. The number of benzene rings is 1. The van der Waals surface area contributed by atoms with Crippen LogP contribution in [-0.2, 0) is 13.1 Å². The molecule has 0 aliphatic heterocycles. The van der Waals surface area contributed by atoms with Crippen LogP contribution in [0.1, 0.15) is 35.7 Å². The van der Waals surface area contributed by atoms with E-state index in [1.807, 2.05) is 0 Å². The minimum absolute atomic E-state index is 0. The van der Waals surface area contributed by atoms with E-state index in [4.69, 9.17) is 9.26 Å². The summed E-state index contributed by atoms with van der Waals surface area (Å²) in [6.07, 6.45) is 2.57. The highest BCUT2D eigenvalue weighted by Gasteiger charge is 2.22. The average Bonchev–Trinajstić information content (AvgIpc) is 3.35. The number of nitrogens with zero attached hydrogens (tertiary/aromatic N) is 3. The first-order valence-electron chi connectivity index (χ1n) is 8.60. The molecule has 142 valence electrons. The van der Waals surface area contributed by atoms with E-state index in [1.165, 1.54) is 18.4 Å². The zero-order valence-corrected chi connectivity index (χ0v) is 17.7. The first-order chi connectivity index (χ1) is 12.1. The van der Waals surface area contributed by atoms with Crippen molar-refractivity contribution in [2.75, 3.05) is 13.7 Å². The number of aliphatic imine (C=N–C) groups is 1. The third-order valence-electron chi connectivity index (χ3n) is 4.04. The summed E-state index contributed by atoms with van der Waals surface area (Å²) in [5.41, 5.74) is 2.31. The van der Waals surface area contributed by atoms with E-state index in [1.54, 1.807) is 14.0 Å². The molecule has 1 aromatic heterocycles. The Morgan fingerprint density at radius 3 is 2.69 bits per heavy atom. The zero-order chi connectivity index (χ0) is 17.6. The fourth-order valence-electron chi connectivity index (χ4n) is 2.41. The van der Waals surface area contributed by atoms with Crippen LogP contribution in [0.2, 0.25) is 0 Å². The van der Waals surface area contributed by atoms with Crippen molar-refractivity contribution >= 4 is 29.9 Å². The molecule has 1 aromatic carbocycles. The molecule has 1 aliphatic carbocycles. The Morgan fingerprint density at radius 2 is 2.04 bits per heavy atom. The van der Waals surface area contributed by atoms with Crippen molar-refractivity contribution in [2.45, 2.75) is 39.8 Å². The zero-order valence-electron chi connectivity index (χ0n) is 15.4. The summed E-state index contributed by atoms with van der Waals surface area (Å²) < 4.78 is 11.1. The molecule has 0 atom stereocenters. The van der Waals surface area contributed by atoms with Gasteiger partial charge in [0.2, 0.25) is 5.89 Å². The van der Waals surface area contributed by atoms with E-state index in [-0.39, 0.29) is 24.0 Å². The van der Waals surface area contributed by atoms with Crippen LogP contribution in [0.15, 0.2) is 27.7 Å². The molecule has 0 bridgehead atoms. The molecule has 1 fully saturated rings. The van der Waals surface area contributed by atoms with Gasteiger partial charge in [-0.3, -0.25) is 4.99 Å². The minimum Gasteiger partial charge on any atom is -0.493 e. The monoisotopic (exact) mass is 471 g/mol. The number of rotatable bonds is 7. The largest absolute Gasteiger partial charge is 0.493 e. The molecule has 0 saturated heterocycles. The first-order valence-corrected chi connectivity index (χ1v) is 8.60. The summed E-state index contributed by atoms with van der Waals surface area (Å²) in [5.74, 6) is 3.50. The maximum absolute atomic E-state index is 6.01. The van der Waals surface area contributed by atoms with Crippen LogP contribution < -0.4 is 15.4 Å². The Hall–Kier alpha value is -1.84. The smallest absolute Gasteiger partial charge is 0.246 e. The molecule has 1 heterocycles. The predicted molar refractivity (Wildman–Crippen MR) is 111 cm³/mol. The van der Waals surface area contributed by atoms with Crippen molar-refractivity contribution in [3.8, 4) is 5.75 Å². The maximum atomic E-state index is 6.01. The molecule has 0 unspecified atom stereocenters. The second-order valence-corrected chi connectivity index (χ2v) is 6.38. The number of nitrogens with one attached hydrogen (secondary N) is 2. The molecule has 3 rings (SSSR count). The number of hydrogen-bond donors (Lipinski definition) is 2. The SMILES string of the molecule is CN=C(NCc1nc(C)no1)NCc1ccc(C)cc1OCC1CC1.I. The van der Waals surface area contributed by atoms with Crippen molar-refractivity contribution in [2.24, 2.45) is 10.9 Å². The summed E-state index contributed by atoms with van der Waals surface area (Å²) in [6.45, 7) is 5.73. The molecular weight excluding hydrogens is 445 g/mol. The van der Waals surface area contributed by atoms with Crippen LogP contribution in [0.5, 0.6) is 5.75 Å². The summed E-state index contributed by atoms with van der Waals surface area (Å²) in [6, 6.07) is 6.29. The third-order valence-corrected chi connectivity index (χ3v) is 4.04. The van der Waals surface area contributed by atoms with Crippen molar-refractivity contribution in [3.63, 3.8) is 0 Å². The van der Waals surface area contributed by atoms with Crippen LogP contribution >= 0.6 is 24.0 Å². The van der Waals surface area contributed by atoms with E-state index >= 15 is 0 Å². The second kappa shape index (κ2) is 9.75. The normalized spacial score (nSPS) is 13.9. The van der Waals surface area contributed by atoms with Gasteiger partial charge in [-0.1, -0.05) is 17.3 Å². The van der Waals surface area contributed by atoms with Crippen molar-refractivity contribution in [3.05, 3.63) is 41.0 Å². The lowest BCUT2D eigenvalue weighted by Gasteiger charge is -2.15. The summed E-state index contributed by atoms with van der Waals surface area (Å²) in [5, 5.41) is 10.2. The van der Waals surface area contributed by atoms with E-state index in [2.05, 4.69) is 50.9 Å². The fraction of sp³-hybridized carbons (Fsp3) is 0.500. The summed E-state index contributed by atoms with van der Waals surface area (Å²) in [4.78, 5) is 8.38. The Labute approximate surface area is 171 Å². The van der Waals surface area contributed by atoms with Gasteiger partial charge in [0, 0.05) is 19.2 Å². The average molecular weight is 471 g/mol. The molecule has 0 radical (unpaired) electrons. The van der Waals surface area contributed by atoms with Crippen molar-refractivity contribution in [1.82, 2.24) is 20.8 Å². The van der Waals surface area contributed by atoms with Crippen molar-refractivity contribution in [1.29, 1.82) is 0 Å². The molecule has 0 amide bonds. The number of halogens is 1. The van der Waals surface area contributed by atoms with E-state index in [0.29, 0.717) is 30.8 Å². The number of aryl methyl sites for hydroxylation is 2. The quantitative estimate of drug-likeness (QED) is 0.367. The highest BCUT2D eigenvalue weighted by atomic mass is 127. The van der Waals surface area contributed by atoms with Crippen LogP contribution in [0.4, 0.5) is 0 Å². The topological polar surface area (TPSA) is 84.6 Å². The molecule has 26 heavy (non-hydrogen) atoms. The number of guanidine groups is 1. The van der Waals surface area contributed by atoms with Crippen LogP contribution in [0, 0.1) is 19.8 Å². The van der Waals surface area contributed by atoms with Gasteiger partial charge in [-0.25, -0.2) is 0 Å². The summed E-state index contributed by atoms with van der Waals surface area (Å²) in [7, 11) is 1.73. The third kappa shape index (κ3) is 6.15. The second-order valence-electron chi connectivity index (χ2n) is 6.38. The van der Waals surface area contributed by atoms with Crippen molar-refractivity contribution < 1.29 is 9.26 Å². The van der Waals surface area contributed by atoms with Gasteiger partial charge >= 0.3 is 0 Å².